The Labute approximate surface area is 60.2 Å². The molecule has 0 amide bonds. The first-order chi connectivity index (χ1) is 4.48. The van der Waals surface area contributed by atoms with Gasteiger partial charge in [-0.1, -0.05) is 0 Å². The molecule has 0 aromatic heterocycles. The predicted molar refractivity (Wildman–Crippen MR) is 40.3 cm³/mol. The van der Waals surface area contributed by atoms with E-state index in [0.29, 0.717) is 0 Å². The van der Waals surface area contributed by atoms with Crippen LogP contribution in [0.15, 0.2) is 12.7 Å². The molecule has 0 fully saturated rings. The van der Waals surface area contributed by atoms with E-state index in [1.54, 1.807) is 0 Å². The summed E-state index contributed by atoms with van der Waals surface area (Å²) in [5.74, 6) is 0. The zero-order valence-electron chi connectivity index (χ0n) is 5.14. The van der Waals surface area contributed by atoms with Crippen LogP contribution < -0.4 is 0 Å². The first-order valence-corrected chi connectivity index (χ1v) is 5.58. The van der Waals surface area contributed by atoms with Gasteiger partial charge >= 0.3 is 59.2 Å². The van der Waals surface area contributed by atoms with Crippen molar-refractivity contribution >= 4 is 16.5 Å². The zero-order valence-corrected chi connectivity index (χ0v) is 7.03. The summed E-state index contributed by atoms with van der Waals surface area (Å²) in [5, 5.41) is 0. The van der Waals surface area contributed by atoms with E-state index in [0.717, 1.165) is 0 Å². The average Bonchev–Trinajstić information content (AvgIpc) is 1.59. The third-order valence-corrected chi connectivity index (χ3v) is 3.28. The summed E-state index contributed by atoms with van der Waals surface area (Å²) in [7, 11) is -6.54. The topological polar surface area (TPSA) is 90.2 Å². The Hall–Kier alpha value is 0.400. The Kier molecular flexibility index (Phi) is 4.49. The third kappa shape index (κ3) is 5.21. The van der Waals surface area contributed by atoms with Crippen molar-refractivity contribution < 1.29 is 23.9 Å². The molecule has 0 radical (unpaired) electrons. The maximum atomic E-state index is 8.78. The molecule has 0 aliphatic heterocycles. The summed E-state index contributed by atoms with van der Waals surface area (Å²) in [6.07, 6.45) is 1.10. The Bertz CT molecular complexity index is 113. The molecular formula is C3H10O5P2. The van der Waals surface area contributed by atoms with Gasteiger partial charge in [0.05, 0.1) is 0 Å². The van der Waals surface area contributed by atoms with Crippen molar-refractivity contribution in [3.63, 3.8) is 0 Å². The Morgan fingerprint density at radius 3 is 2.30 bits per heavy atom. The van der Waals surface area contributed by atoms with Gasteiger partial charge in [0, 0.05) is 0 Å². The van der Waals surface area contributed by atoms with Gasteiger partial charge in [0.1, 0.15) is 0 Å². The molecule has 0 unspecified atom stereocenters. The van der Waals surface area contributed by atoms with Crippen molar-refractivity contribution in [2.75, 3.05) is 6.16 Å². The molecule has 0 rings (SSSR count). The van der Waals surface area contributed by atoms with Crippen molar-refractivity contribution in [2.24, 2.45) is 0 Å². The van der Waals surface area contributed by atoms with Crippen LogP contribution >= 0.6 is 16.5 Å². The SMILES string of the molecule is C=CC[PH](O)(O)OP(O)O. The fourth-order valence-corrected chi connectivity index (χ4v) is 2.08. The summed E-state index contributed by atoms with van der Waals surface area (Å²) >= 11 is 0. The molecule has 7 heteroatoms. The summed E-state index contributed by atoms with van der Waals surface area (Å²) in [6, 6.07) is 0. The van der Waals surface area contributed by atoms with Crippen molar-refractivity contribution in [1.82, 2.24) is 0 Å². The summed E-state index contributed by atoms with van der Waals surface area (Å²) < 4.78 is 4.03. The van der Waals surface area contributed by atoms with Crippen molar-refractivity contribution in [1.29, 1.82) is 0 Å². The zero-order chi connectivity index (χ0) is 8.20. The van der Waals surface area contributed by atoms with E-state index < -0.39 is 16.5 Å². The van der Waals surface area contributed by atoms with Gasteiger partial charge in [-0.2, -0.15) is 0 Å². The Balaban J connectivity index is 3.73. The molecule has 0 atom stereocenters. The van der Waals surface area contributed by atoms with E-state index in [1.807, 2.05) is 0 Å². The molecule has 0 aliphatic carbocycles. The Morgan fingerprint density at radius 1 is 1.50 bits per heavy atom. The van der Waals surface area contributed by atoms with Gasteiger partial charge in [0.25, 0.3) is 0 Å². The maximum absolute atomic E-state index is 8.78. The molecule has 0 aromatic carbocycles. The standard InChI is InChI=1S/C3H10O5P2/c1-2-3-10(6,7)8-9(4)5/h2,4-7,10H,1,3H2. The third-order valence-electron chi connectivity index (χ3n) is 0.638. The van der Waals surface area contributed by atoms with E-state index >= 15 is 0 Å². The van der Waals surface area contributed by atoms with Crippen LogP contribution in [0.4, 0.5) is 0 Å². The number of allylic oxidation sites excluding steroid dienone is 1. The number of hydrogen-bond acceptors (Lipinski definition) is 5. The van der Waals surface area contributed by atoms with Crippen LogP contribution in [-0.2, 0) is 4.31 Å². The number of rotatable bonds is 4. The van der Waals surface area contributed by atoms with Crippen LogP contribution in [0.5, 0.6) is 0 Å². The van der Waals surface area contributed by atoms with Crippen LogP contribution in [0, 0.1) is 0 Å². The van der Waals surface area contributed by atoms with Crippen LogP contribution in [0.25, 0.3) is 0 Å². The van der Waals surface area contributed by atoms with Crippen LogP contribution in [-0.4, -0.2) is 25.7 Å². The first-order valence-electron chi connectivity index (χ1n) is 2.40. The average molecular weight is 188 g/mol. The molecule has 0 saturated carbocycles. The molecular weight excluding hydrogens is 178 g/mol. The molecule has 0 saturated heterocycles. The van der Waals surface area contributed by atoms with Crippen LogP contribution in [0.2, 0.25) is 0 Å². The Morgan fingerprint density at radius 2 is 2.00 bits per heavy atom. The van der Waals surface area contributed by atoms with Crippen LogP contribution in [0.1, 0.15) is 0 Å². The number of hydrogen-bond donors (Lipinski definition) is 4. The van der Waals surface area contributed by atoms with Gasteiger partial charge in [-0.25, -0.2) is 0 Å². The van der Waals surface area contributed by atoms with E-state index in [4.69, 9.17) is 19.6 Å². The fourth-order valence-electron chi connectivity index (χ4n) is 0.356. The van der Waals surface area contributed by atoms with E-state index in [-0.39, 0.29) is 6.16 Å². The molecule has 10 heavy (non-hydrogen) atoms. The van der Waals surface area contributed by atoms with Crippen molar-refractivity contribution in [3.05, 3.63) is 12.7 Å². The minimum atomic E-state index is -3.86. The second kappa shape index (κ2) is 4.31. The molecule has 0 heterocycles. The first kappa shape index (κ1) is 10.4. The van der Waals surface area contributed by atoms with Gasteiger partial charge < -0.3 is 0 Å². The van der Waals surface area contributed by atoms with E-state index in [9.17, 15) is 0 Å². The summed E-state index contributed by atoms with van der Waals surface area (Å²) in [6.45, 7) is 3.23. The van der Waals surface area contributed by atoms with E-state index in [2.05, 4.69) is 10.9 Å². The van der Waals surface area contributed by atoms with Gasteiger partial charge in [-0.15, -0.1) is 0 Å². The molecule has 0 spiro atoms. The van der Waals surface area contributed by atoms with Gasteiger partial charge in [0.2, 0.25) is 0 Å². The molecule has 62 valence electrons. The normalized spacial score (nSPS) is 13.7. The summed E-state index contributed by atoms with van der Waals surface area (Å²) in [4.78, 5) is 34.0. The van der Waals surface area contributed by atoms with Gasteiger partial charge in [-0.05, 0) is 0 Å². The van der Waals surface area contributed by atoms with E-state index in [1.165, 1.54) is 6.08 Å². The molecule has 0 bridgehead atoms. The van der Waals surface area contributed by atoms with Gasteiger partial charge in [0.15, 0.2) is 0 Å². The molecule has 0 aliphatic rings. The van der Waals surface area contributed by atoms with Crippen LogP contribution in [0.3, 0.4) is 0 Å². The van der Waals surface area contributed by atoms with Crippen molar-refractivity contribution in [3.8, 4) is 0 Å². The predicted octanol–water partition coefficient (Wildman–Crippen LogP) is -0.120. The van der Waals surface area contributed by atoms with Crippen molar-refractivity contribution in [2.45, 2.75) is 0 Å². The molecule has 5 nitrogen and oxygen atoms in total. The fraction of sp³-hybridized carbons (Fsp3) is 0.333. The second-order valence-electron chi connectivity index (χ2n) is 1.58. The summed E-state index contributed by atoms with van der Waals surface area (Å²) in [5.41, 5.74) is 0. The molecule has 4 N–H and O–H groups in total. The minimum absolute atomic E-state index is 0.146. The monoisotopic (exact) mass is 188 g/mol. The van der Waals surface area contributed by atoms with Gasteiger partial charge in [-0.3, -0.25) is 0 Å². The molecule has 0 aromatic rings. The quantitative estimate of drug-likeness (QED) is 0.364. The second-order valence-corrected chi connectivity index (χ2v) is 4.71.